The van der Waals surface area contributed by atoms with Crippen molar-refractivity contribution in [3.8, 4) is 0 Å². The summed E-state index contributed by atoms with van der Waals surface area (Å²) in [6, 6.07) is 0.450. The van der Waals surface area contributed by atoms with E-state index in [0.29, 0.717) is 6.04 Å². The topological polar surface area (TPSA) is 40.5 Å². The number of aliphatic carboxylic acids is 1. The number of unbranched alkanes of at least 4 members (excludes halogenated alkanes) is 1. The maximum Gasteiger partial charge on any atom is 0.303 e. The predicted molar refractivity (Wildman–Crippen MR) is 59.4 cm³/mol. The summed E-state index contributed by atoms with van der Waals surface area (Å²) in [5.41, 5.74) is 0. The number of hydrogen-bond acceptors (Lipinski definition) is 2. The molecule has 80 valence electrons. The molecule has 1 aliphatic heterocycles. The van der Waals surface area contributed by atoms with Gasteiger partial charge in [0, 0.05) is 17.8 Å². The summed E-state index contributed by atoms with van der Waals surface area (Å²) >= 11 is 6.16. The lowest BCUT2D eigenvalue weighted by Crippen LogP contribution is -2.30. The minimum absolute atomic E-state index is 0.254. The summed E-state index contributed by atoms with van der Waals surface area (Å²) in [6.45, 7) is 1.07. The zero-order chi connectivity index (χ0) is 10.6. The molecule has 0 aromatic heterocycles. The normalized spacial score (nSPS) is 28.1. The lowest BCUT2D eigenvalue weighted by Gasteiger charge is -2.21. The minimum atomic E-state index is -0.702. The van der Waals surface area contributed by atoms with Crippen molar-refractivity contribution >= 4 is 25.6 Å². The Bertz CT molecular complexity index is 193. The molecule has 1 N–H and O–H groups in total. The van der Waals surface area contributed by atoms with Gasteiger partial charge < -0.3 is 9.92 Å². The second kappa shape index (κ2) is 5.61. The fourth-order valence-electron chi connectivity index (χ4n) is 1.99. The van der Waals surface area contributed by atoms with Crippen LogP contribution in [0, 0.1) is 0 Å². The van der Waals surface area contributed by atoms with E-state index in [-0.39, 0.29) is 11.8 Å². The second-order valence-electron chi connectivity index (χ2n) is 3.99. The van der Waals surface area contributed by atoms with Crippen LogP contribution in [-0.2, 0) is 4.79 Å². The predicted octanol–water partition coefficient (Wildman–Crippen LogP) is 0.861. The Morgan fingerprint density at radius 2 is 2.29 bits per heavy atom. The van der Waals surface area contributed by atoms with Crippen LogP contribution in [0.1, 0.15) is 32.1 Å². The average Bonchev–Trinajstić information content (AvgIpc) is 2.42. The average molecular weight is 218 g/mol. The van der Waals surface area contributed by atoms with Crippen LogP contribution in [0.4, 0.5) is 0 Å². The molecule has 3 nitrogen and oxygen atoms in total. The van der Waals surface area contributed by atoms with Gasteiger partial charge in [-0.25, -0.2) is 0 Å². The van der Waals surface area contributed by atoms with E-state index in [1.807, 2.05) is 0 Å². The van der Waals surface area contributed by atoms with Gasteiger partial charge in [0.2, 0.25) is 0 Å². The SMILES string of the molecule is BN1CC[C@@H](Cl)[C@@H]1CCCCC(=O)O. The molecule has 0 bridgehead atoms. The maximum atomic E-state index is 10.3. The van der Waals surface area contributed by atoms with Crippen molar-refractivity contribution in [2.75, 3.05) is 6.54 Å². The number of carboxylic acid groups (broad SMARTS) is 1. The Morgan fingerprint density at radius 3 is 2.79 bits per heavy atom. The zero-order valence-corrected chi connectivity index (χ0v) is 9.33. The van der Waals surface area contributed by atoms with E-state index < -0.39 is 5.97 Å². The summed E-state index contributed by atoms with van der Waals surface area (Å²) in [5.74, 6) is -0.702. The summed E-state index contributed by atoms with van der Waals surface area (Å²) < 4.78 is 0. The lowest BCUT2D eigenvalue weighted by atomic mass is 10.0. The van der Waals surface area contributed by atoms with Crippen molar-refractivity contribution in [2.24, 2.45) is 0 Å². The van der Waals surface area contributed by atoms with Crippen LogP contribution >= 0.6 is 11.6 Å². The molecule has 0 spiro atoms. The van der Waals surface area contributed by atoms with Gasteiger partial charge in [0.25, 0.3) is 0 Å². The molecule has 0 saturated carbocycles. The molecule has 1 saturated heterocycles. The molecular formula is C9H17BClNO2. The van der Waals surface area contributed by atoms with Crippen LogP contribution in [0.5, 0.6) is 0 Å². The molecule has 1 fully saturated rings. The van der Waals surface area contributed by atoms with E-state index in [0.717, 1.165) is 32.2 Å². The highest BCUT2D eigenvalue weighted by molar-refractivity contribution is 6.21. The standard InChI is InChI=1S/C9H17BClNO2/c10-12-6-5-7(11)8(12)3-1-2-4-9(13)14/h7-8H,1-6,10H2,(H,13,14)/t7-,8+/m1/s1. The van der Waals surface area contributed by atoms with Crippen LogP contribution in [0.2, 0.25) is 0 Å². The Hall–Kier alpha value is -0.215. The molecule has 1 rings (SSSR count). The van der Waals surface area contributed by atoms with Gasteiger partial charge in [-0.1, -0.05) is 6.42 Å². The zero-order valence-electron chi connectivity index (χ0n) is 8.58. The number of carbonyl (C=O) groups is 1. The largest absolute Gasteiger partial charge is 0.481 e. The first-order valence-corrected chi connectivity index (χ1v) is 5.61. The van der Waals surface area contributed by atoms with Gasteiger partial charge in [0.05, 0.1) is 0 Å². The van der Waals surface area contributed by atoms with Gasteiger partial charge in [-0.15, -0.1) is 11.6 Å². The summed E-state index contributed by atoms with van der Waals surface area (Å²) in [4.78, 5) is 12.6. The first-order chi connectivity index (χ1) is 6.61. The van der Waals surface area contributed by atoms with Crippen LogP contribution < -0.4 is 0 Å². The van der Waals surface area contributed by atoms with Crippen molar-refractivity contribution < 1.29 is 9.90 Å². The highest BCUT2D eigenvalue weighted by Crippen LogP contribution is 2.25. The summed E-state index contributed by atoms with van der Waals surface area (Å²) in [6.07, 6.45) is 4.09. The molecule has 5 heteroatoms. The smallest absolute Gasteiger partial charge is 0.303 e. The molecule has 0 radical (unpaired) electrons. The van der Waals surface area contributed by atoms with Gasteiger partial charge >= 0.3 is 5.97 Å². The van der Waals surface area contributed by atoms with Crippen molar-refractivity contribution in [3.63, 3.8) is 0 Å². The van der Waals surface area contributed by atoms with Gasteiger partial charge in [-0.05, 0) is 25.8 Å². The van der Waals surface area contributed by atoms with E-state index in [1.54, 1.807) is 0 Å². The number of carboxylic acids is 1. The third-order valence-corrected chi connectivity index (χ3v) is 3.39. The molecule has 0 amide bonds. The Kier molecular flexibility index (Phi) is 4.75. The highest BCUT2D eigenvalue weighted by Gasteiger charge is 2.28. The van der Waals surface area contributed by atoms with Crippen LogP contribution in [0.3, 0.4) is 0 Å². The number of hydrogen-bond donors (Lipinski definition) is 1. The molecule has 1 heterocycles. The fraction of sp³-hybridized carbons (Fsp3) is 0.889. The molecular weight excluding hydrogens is 200 g/mol. The van der Waals surface area contributed by atoms with Crippen molar-refractivity contribution in [1.82, 2.24) is 4.81 Å². The van der Waals surface area contributed by atoms with E-state index in [1.165, 1.54) is 0 Å². The quantitative estimate of drug-likeness (QED) is 0.422. The van der Waals surface area contributed by atoms with Gasteiger partial charge in [0.15, 0.2) is 7.98 Å². The molecule has 0 aliphatic carbocycles. The molecule has 14 heavy (non-hydrogen) atoms. The number of rotatable bonds is 5. The lowest BCUT2D eigenvalue weighted by molar-refractivity contribution is -0.137. The highest BCUT2D eigenvalue weighted by atomic mass is 35.5. The molecule has 0 aromatic rings. The van der Waals surface area contributed by atoms with E-state index in [4.69, 9.17) is 16.7 Å². The first kappa shape index (κ1) is 11.9. The van der Waals surface area contributed by atoms with Crippen molar-refractivity contribution in [3.05, 3.63) is 0 Å². The van der Waals surface area contributed by atoms with Gasteiger partial charge in [-0.3, -0.25) is 4.79 Å². The van der Waals surface area contributed by atoms with Crippen LogP contribution in [0.25, 0.3) is 0 Å². The molecule has 1 aliphatic rings. The van der Waals surface area contributed by atoms with Gasteiger partial charge in [-0.2, -0.15) is 0 Å². The monoisotopic (exact) mass is 217 g/mol. The van der Waals surface area contributed by atoms with Gasteiger partial charge in [0.1, 0.15) is 0 Å². The Labute approximate surface area is 90.8 Å². The number of halogens is 1. The van der Waals surface area contributed by atoms with E-state index in [2.05, 4.69) is 12.8 Å². The van der Waals surface area contributed by atoms with Crippen LogP contribution in [0.15, 0.2) is 0 Å². The summed E-state index contributed by atoms with van der Waals surface area (Å²) in [7, 11) is 2.09. The Balaban J connectivity index is 2.14. The number of nitrogens with zero attached hydrogens (tertiary/aromatic N) is 1. The third-order valence-electron chi connectivity index (χ3n) is 2.88. The van der Waals surface area contributed by atoms with E-state index >= 15 is 0 Å². The minimum Gasteiger partial charge on any atom is -0.481 e. The molecule has 0 aromatic carbocycles. The third kappa shape index (κ3) is 3.50. The molecule has 0 unspecified atom stereocenters. The second-order valence-corrected chi connectivity index (χ2v) is 4.55. The van der Waals surface area contributed by atoms with Crippen LogP contribution in [-0.4, -0.2) is 41.8 Å². The number of alkyl halides is 1. The fourth-order valence-corrected chi connectivity index (χ4v) is 2.41. The summed E-state index contributed by atoms with van der Waals surface area (Å²) in [5, 5.41) is 8.73. The Morgan fingerprint density at radius 1 is 1.57 bits per heavy atom. The first-order valence-electron chi connectivity index (χ1n) is 5.17. The van der Waals surface area contributed by atoms with E-state index in [9.17, 15) is 4.79 Å². The maximum absolute atomic E-state index is 10.3. The van der Waals surface area contributed by atoms with Crippen molar-refractivity contribution in [2.45, 2.75) is 43.5 Å². The molecule has 2 atom stereocenters. The van der Waals surface area contributed by atoms with Crippen molar-refractivity contribution in [1.29, 1.82) is 0 Å².